The molecule has 4 rings (SSSR count). The van der Waals surface area contributed by atoms with Gasteiger partial charge in [0, 0.05) is 28.4 Å². The van der Waals surface area contributed by atoms with E-state index in [4.69, 9.17) is 27.9 Å². The third kappa shape index (κ3) is 5.95. The fraction of sp³-hybridized carbons (Fsp3) is 0.154. The van der Waals surface area contributed by atoms with Crippen LogP contribution in [-0.2, 0) is 16.0 Å². The van der Waals surface area contributed by atoms with Crippen molar-refractivity contribution in [3.63, 3.8) is 0 Å². The maximum Gasteiger partial charge on any atom is 0.265 e. The zero-order chi connectivity index (χ0) is 23.2. The van der Waals surface area contributed by atoms with Crippen LogP contribution in [0.2, 0.25) is 10.0 Å². The smallest absolute Gasteiger partial charge is 0.265 e. The quantitative estimate of drug-likeness (QED) is 0.421. The molecule has 0 fully saturated rings. The first kappa shape index (κ1) is 22.9. The van der Waals surface area contributed by atoms with Crippen molar-refractivity contribution >= 4 is 52.5 Å². The number of aryl methyl sites for hydroxylation is 1. The van der Waals surface area contributed by atoms with Gasteiger partial charge in [-0.25, -0.2) is 0 Å². The highest BCUT2D eigenvalue weighted by molar-refractivity contribution is 6.35. The van der Waals surface area contributed by atoms with Crippen LogP contribution in [0, 0.1) is 0 Å². The summed E-state index contributed by atoms with van der Waals surface area (Å²) in [6.45, 7) is 0.574. The molecule has 5 nitrogen and oxygen atoms in total. The molecule has 0 aliphatic carbocycles. The van der Waals surface area contributed by atoms with E-state index >= 15 is 0 Å². The minimum absolute atomic E-state index is 0.00856. The van der Waals surface area contributed by atoms with Crippen LogP contribution in [0.25, 0.3) is 6.08 Å². The van der Waals surface area contributed by atoms with Crippen LogP contribution in [0.15, 0.2) is 72.8 Å². The van der Waals surface area contributed by atoms with Gasteiger partial charge in [0.1, 0.15) is 5.75 Å². The van der Waals surface area contributed by atoms with Gasteiger partial charge in [-0.1, -0.05) is 59.6 Å². The number of ether oxygens (including phenoxy) is 1. The molecule has 0 spiro atoms. The van der Waals surface area contributed by atoms with Crippen LogP contribution < -0.4 is 15.0 Å². The summed E-state index contributed by atoms with van der Waals surface area (Å²) < 4.78 is 5.58. The second-order valence-electron chi connectivity index (χ2n) is 7.59. The van der Waals surface area contributed by atoms with Crippen LogP contribution in [0.1, 0.15) is 17.5 Å². The molecule has 0 atom stereocenters. The first-order chi connectivity index (χ1) is 16.0. The lowest BCUT2D eigenvalue weighted by molar-refractivity contribution is -0.121. The van der Waals surface area contributed by atoms with Gasteiger partial charge in [-0.3, -0.25) is 9.59 Å². The zero-order valence-electron chi connectivity index (χ0n) is 17.8. The van der Waals surface area contributed by atoms with E-state index in [0.29, 0.717) is 39.3 Å². The average molecular weight is 481 g/mol. The summed E-state index contributed by atoms with van der Waals surface area (Å²) in [4.78, 5) is 26.7. The van der Waals surface area contributed by atoms with E-state index < -0.39 is 0 Å². The van der Waals surface area contributed by atoms with Gasteiger partial charge in [0.25, 0.3) is 5.91 Å². The van der Waals surface area contributed by atoms with Crippen LogP contribution in [-0.4, -0.2) is 25.0 Å². The van der Waals surface area contributed by atoms with Crippen molar-refractivity contribution < 1.29 is 14.3 Å². The predicted octanol–water partition coefficient (Wildman–Crippen LogP) is 6.00. The number of hydrogen-bond donors (Lipinski definition) is 1. The Hall–Kier alpha value is -3.28. The van der Waals surface area contributed by atoms with Crippen molar-refractivity contribution in [3.8, 4) is 5.75 Å². The molecule has 1 heterocycles. The Morgan fingerprint density at radius 3 is 2.67 bits per heavy atom. The standard InChI is InChI=1S/C26H22Cl2N2O3/c27-20-10-8-19(22(28)15-20)9-13-25(31)29-21-11-12-24-23(16-21)30(26(32)17-33-24)14-4-7-18-5-2-1-3-6-18/h1-3,5-6,8-13,15-16H,4,7,14,17H2,(H,29,31)/b13-9+. The highest BCUT2D eigenvalue weighted by Crippen LogP contribution is 2.35. The van der Waals surface area contributed by atoms with Crippen LogP contribution >= 0.6 is 23.2 Å². The Labute approximate surface area is 202 Å². The number of amides is 2. The number of rotatable bonds is 7. The van der Waals surface area contributed by atoms with E-state index in [-0.39, 0.29) is 18.4 Å². The van der Waals surface area contributed by atoms with Crippen LogP contribution in [0.4, 0.5) is 11.4 Å². The first-order valence-electron chi connectivity index (χ1n) is 10.5. The molecule has 7 heteroatoms. The average Bonchev–Trinajstić information content (AvgIpc) is 2.81. The Morgan fingerprint density at radius 1 is 1.06 bits per heavy atom. The van der Waals surface area contributed by atoms with E-state index in [0.717, 1.165) is 12.8 Å². The normalized spacial score (nSPS) is 13.0. The number of halogens is 2. The maximum absolute atomic E-state index is 12.5. The topological polar surface area (TPSA) is 58.6 Å². The molecule has 2 amide bonds. The fourth-order valence-corrected chi connectivity index (χ4v) is 4.07. The van der Waals surface area contributed by atoms with E-state index in [1.807, 2.05) is 18.2 Å². The number of nitrogens with zero attached hydrogens (tertiary/aromatic N) is 1. The molecule has 1 N–H and O–H groups in total. The monoisotopic (exact) mass is 480 g/mol. The van der Waals surface area contributed by atoms with Crippen molar-refractivity contribution in [2.24, 2.45) is 0 Å². The van der Waals surface area contributed by atoms with Gasteiger partial charge in [0.05, 0.1) is 5.69 Å². The van der Waals surface area contributed by atoms with Crippen molar-refractivity contribution in [1.29, 1.82) is 0 Å². The van der Waals surface area contributed by atoms with Crippen LogP contribution in [0.3, 0.4) is 0 Å². The van der Waals surface area contributed by atoms with Gasteiger partial charge in [0.2, 0.25) is 5.91 Å². The minimum atomic E-state index is -0.320. The highest BCUT2D eigenvalue weighted by Gasteiger charge is 2.25. The molecule has 0 unspecified atom stereocenters. The van der Waals surface area contributed by atoms with E-state index in [2.05, 4.69) is 17.4 Å². The molecule has 0 saturated carbocycles. The predicted molar refractivity (Wildman–Crippen MR) is 133 cm³/mol. The van der Waals surface area contributed by atoms with Gasteiger partial charge in [0.15, 0.2) is 6.61 Å². The number of nitrogens with one attached hydrogen (secondary N) is 1. The maximum atomic E-state index is 12.5. The number of benzene rings is 3. The first-order valence-corrected chi connectivity index (χ1v) is 11.3. The highest BCUT2D eigenvalue weighted by atomic mass is 35.5. The Morgan fingerprint density at radius 2 is 1.88 bits per heavy atom. The van der Waals surface area contributed by atoms with Gasteiger partial charge < -0.3 is 15.0 Å². The summed E-state index contributed by atoms with van der Waals surface area (Å²) >= 11 is 12.0. The van der Waals surface area contributed by atoms with Gasteiger partial charge in [-0.15, -0.1) is 0 Å². The summed E-state index contributed by atoms with van der Waals surface area (Å²) in [5, 5.41) is 3.81. The van der Waals surface area contributed by atoms with Crippen molar-refractivity contribution in [2.45, 2.75) is 12.8 Å². The molecule has 3 aromatic rings. The molecule has 0 bridgehead atoms. The van der Waals surface area contributed by atoms with Crippen LogP contribution in [0.5, 0.6) is 5.75 Å². The van der Waals surface area contributed by atoms with Crippen molar-refractivity contribution in [2.75, 3.05) is 23.4 Å². The lowest BCUT2D eigenvalue weighted by atomic mass is 10.1. The molecule has 1 aliphatic heterocycles. The van der Waals surface area contributed by atoms with E-state index in [9.17, 15) is 9.59 Å². The number of hydrogen-bond acceptors (Lipinski definition) is 3. The van der Waals surface area contributed by atoms with E-state index in [1.165, 1.54) is 11.6 Å². The van der Waals surface area contributed by atoms with Crippen molar-refractivity contribution in [3.05, 3.63) is 94.0 Å². The largest absolute Gasteiger partial charge is 0.482 e. The minimum Gasteiger partial charge on any atom is -0.482 e. The molecule has 0 aromatic heterocycles. The molecule has 33 heavy (non-hydrogen) atoms. The third-order valence-corrected chi connectivity index (χ3v) is 5.80. The molecule has 0 saturated heterocycles. The molecular weight excluding hydrogens is 459 g/mol. The summed E-state index contributed by atoms with van der Waals surface area (Å²) in [7, 11) is 0. The lowest BCUT2D eigenvalue weighted by Crippen LogP contribution is -2.39. The fourth-order valence-electron chi connectivity index (χ4n) is 3.60. The summed E-state index contributed by atoms with van der Waals surface area (Å²) in [6.07, 6.45) is 4.70. The summed E-state index contributed by atoms with van der Waals surface area (Å²) in [5.41, 5.74) is 3.14. The number of carbonyl (C=O) groups excluding carboxylic acids is 2. The Bertz CT molecular complexity index is 1200. The Kier molecular flexibility index (Phi) is 7.33. The molecule has 3 aromatic carbocycles. The Balaban J connectivity index is 1.43. The molecule has 0 radical (unpaired) electrons. The van der Waals surface area contributed by atoms with E-state index in [1.54, 1.807) is 47.4 Å². The SMILES string of the molecule is O=C(/C=C/c1ccc(Cl)cc1Cl)Nc1ccc2c(c1)N(CCCc1ccccc1)C(=O)CO2. The molecule has 168 valence electrons. The van der Waals surface area contributed by atoms with Gasteiger partial charge in [-0.05, 0) is 60.4 Å². The second-order valence-corrected chi connectivity index (χ2v) is 8.44. The third-order valence-electron chi connectivity index (χ3n) is 5.24. The number of carbonyl (C=O) groups is 2. The number of anilines is 2. The molecule has 1 aliphatic rings. The number of fused-ring (bicyclic) bond motifs is 1. The van der Waals surface area contributed by atoms with Gasteiger partial charge >= 0.3 is 0 Å². The second kappa shape index (κ2) is 10.6. The lowest BCUT2D eigenvalue weighted by Gasteiger charge is -2.30. The summed E-state index contributed by atoms with van der Waals surface area (Å²) in [6, 6.07) is 20.5. The molecular formula is C26H22Cl2N2O3. The van der Waals surface area contributed by atoms with Gasteiger partial charge in [-0.2, -0.15) is 0 Å². The zero-order valence-corrected chi connectivity index (χ0v) is 19.3. The summed E-state index contributed by atoms with van der Waals surface area (Å²) in [5.74, 6) is 0.201. The van der Waals surface area contributed by atoms with Crippen molar-refractivity contribution in [1.82, 2.24) is 0 Å².